The van der Waals surface area contributed by atoms with Gasteiger partial charge in [-0.2, -0.15) is 0 Å². The van der Waals surface area contributed by atoms with E-state index in [-0.39, 0.29) is 65.0 Å². The van der Waals surface area contributed by atoms with E-state index < -0.39 is 11.1 Å². The minimum atomic E-state index is -0.430. The van der Waals surface area contributed by atoms with Crippen LogP contribution in [0.3, 0.4) is 0 Å². The molecule has 5 aliphatic heterocycles. The third kappa shape index (κ3) is 7.16. The van der Waals surface area contributed by atoms with Crippen LogP contribution in [0.5, 0.6) is 0 Å². The van der Waals surface area contributed by atoms with E-state index in [2.05, 4.69) is 84.1 Å². The first-order valence-electron chi connectivity index (χ1n) is 22.1. The van der Waals surface area contributed by atoms with E-state index >= 15 is 0 Å². The molecule has 8 bridgehead atoms. The molecule has 4 aliphatic carbocycles. The van der Waals surface area contributed by atoms with Crippen molar-refractivity contribution in [3.8, 4) is 0 Å². The van der Waals surface area contributed by atoms with Crippen LogP contribution in [0.1, 0.15) is 125 Å². The number of nitrogens with two attached hydrogens (primary N) is 3. The second-order valence-electron chi connectivity index (χ2n) is 21.6. The molecule has 5 saturated heterocycles. The predicted octanol–water partition coefficient (Wildman–Crippen LogP) is 2.49. The smallest absolute Gasteiger partial charge is 0.0632 e. The van der Waals surface area contributed by atoms with E-state index in [0.29, 0.717) is 72.0 Å². The first-order valence-corrected chi connectivity index (χ1v) is 22.1. The topological polar surface area (TPSA) is 174 Å². The Morgan fingerprint density at radius 2 is 0.623 bits per heavy atom. The molecule has 9 rings (SSSR count). The van der Waals surface area contributed by atoms with Crippen molar-refractivity contribution in [1.82, 2.24) is 42.5 Å². The fourth-order valence-electron chi connectivity index (χ4n) is 14.8. The van der Waals surface area contributed by atoms with Gasteiger partial charge in [-0.25, -0.2) is 0 Å². The summed E-state index contributed by atoms with van der Waals surface area (Å²) in [6, 6.07) is 0. The minimum absolute atomic E-state index is 0. The van der Waals surface area contributed by atoms with Gasteiger partial charge in [0, 0.05) is 33.7 Å². The molecule has 19 atom stereocenters. The van der Waals surface area contributed by atoms with Gasteiger partial charge < -0.3 is 17.2 Å². The van der Waals surface area contributed by atoms with Crippen molar-refractivity contribution in [2.24, 2.45) is 82.3 Å². The van der Waals surface area contributed by atoms with Gasteiger partial charge in [0.05, 0.1) is 49.3 Å². The number of hydrogen-bond acceptors (Lipinski definition) is 11. The molecule has 1 radical (unpaired) electrons. The Labute approximate surface area is 331 Å². The van der Waals surface area contributed by atoms with Gasteiger partial charge in [-0.15, -0.1) is 0 Å². The van der Waals surface area contributed by atoms with Crippen molar-refractivity contribution in [2.75, 3.05) is 0 Å². The third-order valence-corrected chi connectivity index (χ3v) is 16.8. The Hall–Kier alpha value is 0.0795. The summed E-state index contributed by atoms with van der Waals surface area (Å²) < 4.78 is 0. The van der Waals surface area contributed by atoms with Gasteiger partial charge >= 0.3 is 0 Å². The van der Waals surface area contributed by atoms with Gasteiger partial charge in [0.1, 0.15) is 0 Å². The van der Waals surface area contributed by atoms with Crippen LogP contribution in [0.2, 0.25) is 0 Å². The normalized spacial score (nSPS) is 51.5. The molecule has 9 aliphatic rings. The van der Waals surface area contributed by atoms with Crippen molar-refractivity contribution < 1.29 is 17.1 Å². The molecule has 53 heavy (non-hydrogen) atoms. The Balaban J connectivity index is 0.00000400. The van der Waals surface area contributed by atoms with E-state index in [4.69, 9.17) is 17.2 Å². The van der Waals surface area contributed by atoms with Gasteiger partial charge in [-0.05, 0) is 152 Å². The monoisotopic (exact) mass is 787 g/mol. The SMILES string of the molecule is CC(C)(N)C1CC2C3NC4NC(NC5NC(NC6NC(NC(N3)C2C(C(C)(C)N)C1C(C)(C)N)C1CCCCC61)C1CCCCC51)C1CCCCC41.[Cu]. The number of nitrogens with one attached hydrogen (secondary N) is 8. The summed E-state index contributed by atoms with van der Waals surface area (Å²) in [4.78, 5) is 0. The maximum atomic E-state index is 7.40. The molecule has 307 valence electrons. The zero-order chi connectivity index (χ0) is 36.3. The first-order chi connectivity index (χ1) is 24.7. The van der Waals surface area contributed by atoms with Crippen molar-refractivity contribution in [2.45, 2.75) is 191 Å². The molecular formula is C41H77CuN11. The van der Waals surface area contributed by atoms with Crippen LogP contribution in [0.25, 0.3) is 0 Å². The Kier molecular flexibility index (Phi) is 11.1. The van der Waals surface area contributed by atoms with Crippen LogP contribution in [0.15, 0.2) is 0 Å². The Morgan fingerprint density at radius 1 is 0.358 bits per heavy atom. The molecule has 5 heterocycles. The van der Waals surface area contributed by atoms with Crippen molar-refractivity contribution in [3.05, 3.63) is 0 Å². The largest absolute Gasteiger partial charge is 0.325 e. The molecule has 0 aromatic rings. The van der Waals surface area contributed by atoms with Gasteiger partial charge in [0.2, 0.25) is 0 Å². The first kappa shape index (κ1) is 39.9. The van der Waals surface area contributed by atoms with E-state index in [0.717, 1.165) is 6.42 Å². The molecule has 0 aromatic carbocycles. The summed E-state index contributed by atoms with van der Waals surface area (Å²) in [5.41, 5.74) is 20.6. The minimum Gasteiger partial charge on any atom is -0.325 e. The number of hydrogen-bond donors (Lipinski definition) is 11. The Morgan fingerprint density at radius 3 is 0.887 bits per heavy atom. The van der Waals surface area contributed by atoms with Crippen molar-refractivity contribution >= 4 is 0 Å². The van der Waals surface area contributed by atoms with Crippen LogP contribution >= 0.6 is 0 Å². The zero-order valence-corrected chi connectivity index (χ0v) is 34.6. The predicted molar refractivity (Wildman–Crippen MR) is 209 cm³/mol. The number of rotatable bonds is 3. The molecule has 4 saturated carbocycles. The summed E-state index contributed by atoms with van der Waals surface area (Å²) in [6.45, 7) is 13.5. The average molecular weight is 788 g/mol. The summed E-state index contributed by atoms with van der Waals surface area (Å²) in [5.74, 6) is 5.19. The van der Waals surface area contributed by atoms with Crippen LogP contribution in [-0.2, 0) is 17.1 Å². The van der Waals surface area contributed by atoms with E-state index in [1.54, 1.807) is 0 Å². The van der Waals surface area contributed by atoms with Crippen LogP contribution in [0.4, 0.5) is 0 Å². The fraction of sp³-hybridized carbons (Fsp3) is 1.00. The second-order valence-corrected chi connectivity index (χ2v) is 21.6. The van der Waals surface area contributed by atoms with Gasteiger partial charge in [0.15, 0.2) is 0 Å². The molecule has 9 fully saturated rings. The van der Waals surface area contributed by atoms with Crippen LogP contribution in [-0.4, -0.2) is 65.9 Å². The van der Waals surface area contributed by atoms with E-state index in [9.17, 15) is 0 Å². The third-order valence-electron chi connectivity index (χ3n) is 16.8. The standard InChI is InChI=1S/C41H77N11.Cu/c1-39(2,42)27-19-26-28(30(41(5,6)44)29(27)40(3,4)43)38-51-36-25-18-12-11-17-24(25)34(49-36)47-32-21-14-8-7-13-20(21)31(45-32)46-33-22-15-9-10-16-23(22)35(48-33)50-37(26)52-38;/h20-38,45-52H,7-19,42-44H2,1-6H3;. The quantitative estimate of drug-likeness (QED) is 0.190. The molecular weight excluding hydrogens is 710 g/mol. The van der Waals surface area contributed by atoms with Crippen molar-refractivity contribution in [3.63, 3.8) is 0 Å². The zero-order valence-electron chi connectivity index (χ0n) is 33.7. The Bertz CT molecular complexity index is 1280. The van der Waals surface area contributed by atoms with Gasteiger partial charge in [0.25, 0.3) is 0 Å². The molecule has 14 N–H and O–H groups in total. The van der Waals surface area contributed by atoms with E-state index in [1.807, 2.05) is 0 Å². The maximum absolute atomic E-state index is 7.40. The molecule has 12 heteroatoms. The summed E-state index contributed by atoms with van der Waals surface area (Å²) in [7, 11) is 0. The fourth-order valence-corrected chi connectivity index (χ4v) is 14.8. The van der Waals surface area contributed by atoms with Crippen LogP contribution < -0.4 is 59.7 Å². The molecule has 0 amide bonds. The van der Waals surface area contributed by atoms with Crippen molar-refractivity contribution in [1.29, 1.82) is 0 Å². The average Bonchev–Trinajstić information content (AvgIpc) is 3.82. The molecule has 0 aromatic heterocycles. The van der Waals surface area contributed by atoms with E-state index in [1.165, 1.54) is 77.0 Å². The summed E-state index contributed by atoms with van der Waals surface area (Å²) in [5, 5.41) is 34.3. The number of fused-ring (bicyclic) bond motifs is 20. The second kappa shape index (κ2) is 14.7. The maximum Gasteiger partial charge on any atom is 0.0632 e. The molecule has 0 spiro atoms. The molecule has 11 nitrogen and oxygen atoms in total. The summed E-state index contributed by atoms with van der Waals surface area (Å²) in [6.07, 6.45) is 19.0. The molecule has 19 unspecified atom stereocenters. The van der Waals surface area contributed by atoms with Gasteiger partial charge in [-0.3, -0.25) is 42.5 Å². The van der Waals surface area contributed by atoms with Gasteiger partial charge in [-0.1, -0.05) is 38.5 Å². The van der Waals surface area contributed by atoms with Crippen LogP contribution in [0, 0.1) is 65.1 Å². The summed E-state index contributed by atoms with van der Waals surface area (Å²) >= 11 is 0.